The van der Waals surface area contributed by atoms with Crippen molar-refractivity contribution >= 4 is 5.91 Å². The molecule has 0 aromatic rings. The standard InChI is InChI=1S/C13H28N2O/c1-6-11(7-2)10-14-12(16)8-9-15-13(3,4)5/h11,15H,6-10H2,1-5H3,(H,14,16). The van der Waals surface area contributed by atoms with E-state index >= 15 is 0 Å². The molecule has 0 atom stereocenters. The second-order valence-electron chi connectivity index (χ2n) is 5.41. The third-order valence-corrected chi connectivity index (χ3v) is 2.75. The number of nitrogens with one attached hydrogen (secondary N) is 2. The Morgan fingerprint density at radius 3 is 2.19 bits per heavy atom. The van der Waals surface area contributed by atoms with Crippen LogP contribution >= 0.6 is 0 Å². The average Bonchev–Trinajstić information content (AvgIpc) is 2.17. The summed E-state index contributed by atoms with van der Waals surface area (Å²) >= 11 is 0. The van der Waals surface area contributed by atoms with Crippen LogP contribution in [-0.4, -0.2) is 24.5 Å². The van der Waals surface area contributed by atoms with Gasteiger partial charge in [0.2, 0.25) is 5.91 Å². The maximum Gasteiger partial charge on any atom is 0.221 e. The molecule has 0 radical (unpaired) electrons. The first kappa shape index (κ1) is 15.4. The fraction of sp³-hybridized carbons (Fsp3) is 0.923. The molecule has 2 N–H and O–H groups in total. The molecule has 0 spiro atoms. The Morgan fingerprint density at radius 1 is 1.19 bits per heavy atom. The predicted molar refractivity (Wildman–Crippen MR) is 69.5 cm³/mol. The van der Waals surface area contributed by atoms with Crippen LogP contribution < -0.4 is 10.6 Å². The van der Waals surface area contributed by atoms with Crippen LogP contribution in [0.2, 0.25) is 0 Å². The van der Waals surface area contributed by atoms with Crippen molar-refractivity contribution in [3.05, 3.63) is 0 Å². The van der Waals surface area contributed by atoms with Gasteiger partial charge < -0.3 is 10.6 Å². The van der Waals surface area contributed by atoms with Gasteiger partial charge in [0.1, 0.15) is 0 Å². The number of carbonyl (C=O) groups is 1. The zero-order valence-corrected chi connectivity index (χ0v) is 11.5. The molecule has 16 heavy (non-hydrogen) atoms. The lowest BCUT2D eigenvalue weighted by Gasteiger charge is -2.20. The fourth-order valence-corrected chi connectivity index (χ4v) is 1.47. The topological polar surface area (TPSA) is 41.1 Å². The van der Waals surface area contributed by atoms with E-state index in [2.05, 4.69) is 45.3 Å². The highest BCUT2D eigenvalue weighted by atomic mass is 16.1. The van der Waals surface area contributed by atoms with Crippen molar-refractivity contribution in [2.24, 2.45) is 5.92 Å². The zero-order valence-electron chi connectivity index (χ0n) is 11.5. The quantitative estimate of drug-likeness (QED) is 0.702. The van der Waals surface area contributed by atoms with Gasteiger partial charge in [-0.3, -0.25) is 4.79 Å². The average molecular weight is 228 g/mol. The molecule has 0 bridgehead atoms. The van der Waals surface area contributed by atoms with E-state index in [1.807, 2.05) is 0 Å². The summed E-state index contributed by atoms with van der Waals surface area (Å²) in [5, 5.41) is 6.30. The summed E-state index contributed by atoms with van der Waals surface area (Å²) < 4.78 is 0. The summed E-state index contributed by atoms with van der Waals surface area (Å²) in [7, 11) is 0. The first-order valence-electron chi connectivity index (χ1n) is 6.40. The number of hydrogen-bond acceptors (Lipinski definition) is 2. The molecule has 0 aromatic carbocycles. The molecule has 0 unspecified atom stereocenters. The second kappa shape index (κ2) is 7.66. The van der Waals surface area contributed by atoms with Crippen LogP contribution in [0.3, 0.4) is 0 Å². The summed E-state index contributed by atoms with van der Waals surface area (Å²) in [5.41, 5.74) is 0.0929. The maximum absolute atomic E-state index is 11.5. The van der Waals surface area contributed by atoms with Gasteiger partial charge in [-0.05, 0) is 26.7 Å². The molecule has 0 aromatic heterocycles. The van der Waals surface area contributed by atoms with E-state index in [0.717, 1.165) is 25.9 Å². The van der Waals surface area contributed by atoms with Crippen molar-refractivity contribution in [3.63, 3.8) is 0 Å². The highest BCUT2D eigenvalue weighted by molar-refractivity contribution is 5.76. The Balaban J connectivity index is 3.59. The lowest BCUT2D eigenvalue weighted by Crippen LogP contribution is -2.39. The lowest BCUT2D eigenvalue weighted by molar-refractivity contribution is -0.121. The lowest BCUT2D eigenvalue weighted by atomic mass is 10.0. The van der Waals surface area contributed by atoms with Gasteiger partial charge in [-0.25, -0.2) is 0 Å². The van der Waals surface area contributed by atoms with Gasteiger partial charge in [0.25, 0.3) is 0 Å². The largest absolute Gasteiger partial charge is 0.356 e. The van der Waals surface area contributed by atoms with E-state index in [4.69, 9.17) is 0 Å². The van der Waals surface area contributed by atoms with Gasteiger partial charge in [0.05, 0.1) is 0 Å². The Labute approximate surface area is 100 Å². The molecule has 0 aliphatic carbocycles. The molecule has 1 amide bonds. The van der Waals surface area contributed by atoms with Crippen molar-refractivity contribution in [1.82, 2.24) is 10.6 Å². The van der Waals surface area contributed by atoms with Crippen molar-refractivity contribution in [1.29, 1.82) is 0 Å². The third kappa shape index (κ3) is 8.72. The van der Waals surface area contributed by atoms with Crippen LogP contribution in [0.5, 0.6) is 0 Å². The van der Waals surface area contributed by atoms with Crippen molar-refractivity contribution in [2.45, 2.75) is 59.4 Å². The summed E-state index contributed by atoms with van der Waals surface area (Å²) in [6, 6.07) is 0. The highest BCUT2D eigenvalue weighted by Gasteiger charge is 2.10. The molecule has 0 saturated carbocycles. The number of amides is 1. The van der Waals surface area contributed by atoms with E-state index < -0.39 is 0 Å². The van der Waals surface area contributed by atoms with Crippen LogP contribution in [0, 0.1) is 5.92 Å². The minimum atomic E-state index is 0.0929. The smallest absolute Gasteiger partial charge is 0.221 e. The van der Waals surface area contributed by atoms with Gasteiger partial charge in [-0.2, -0.15) is 0 Å². The van der Waals surface area contributed by atoms with Crippen molar-refractivity contribution in [2.75, 3.05) is 13.1 Å². The Kier molecular flexibility index (Phi) is 7.39. The molecule has 0 aliphatic heterocycles. The number of hydrogen-bond donors (Lipinski definition) is 2. The van der Waals surface area contributed by atoms with Gasteiger partial charge in [-0.15, -0.1) is 0 Å². The molecule has 3 nitrogen and oxygen atoms in total. The molecular weight excluding hydrogens is 200 g/mol. The van der Waals surface area contributed by atoms with Crippen LogP contribution in [0.25, 0.3) is 0 Å². The minimum absolute atomic E-state index is 0.0929. The number of rotatable bonds is 7. The van der Waals surface area contributed by atoms with Crippen LogP contribution in [0.15, 0.2) is 0 Å². The Hall–Kier alpha value is -0.570. The maximum atomic E-state index is 11.5. The summed E-state index contributed by atoms with van der Waals surface area (Å²) in [5.74, 6) is 0.781. The van der Waals surface area contributed by atoms with Crippen LogP contribution in [0.4, 0.5) is 0 Å². The third-order valence-electron chi connectivity index (χ3n) is 2.75. The monoisotopic (exact) mass is 228 g/mol. The molecule has 0 fully saturated rings. The SMILES string of the molecule is CCC(CC)CNC(=O)CCNC(C)(C)C. The van der Waals surface area contributed by atoms with Crippen LogP contribution in [0.1, 0.15) is 53.9 Å². The van der Waals surface area contributed by atoms with Gasteiger partial charge in [0.15, 0.2) is 0 Å². The molecule has 0 aliphatic rings. The molecular formula is C13H28N2O. The van der Waals surface area contributed by atoms with E-state index in [1.54, 1.807) is 0 Å². The molecule has 0 saturated heterocycles. The van der Waals surface area contributed by atoms with Crippen LogP contribution in [-0.2, 0) is 4.79 Å². The Bertz CT molecular complexity index is 193. The highest BCUT2D eigenvalue weighted by Crippen LogP contribution is 2.05. The molecule has 0 rings (SSSR count). The summed E-state index contributed by atoms with van der Waals surface area (Å²) in [4.78, 5) is 11.5. The summed E-state index contributed by atoms with van der Waals surface area (Å²) in [6.07, 6.45) is 2.84. The normalized spacial score (nSPS) is 11.9. The van der Waals surface area contributed by atoms with Crippen molar-refractivity contribution in [3.8, 4) is 0 Å². The first-order valence-corrected chi connectivity index (χ1v) is 6.40. The predicted octanol–water partition coefficient (Wildman–Crippen LogP) is 2.32. The summed E-state index contributed by atoms with van der Waals surface area (Å²) in [6.45, 7) is 12.2. The van der Waals surface area contributed by atoms with E-state index in [-0.39, 0.29) is 11.4 Å². The fourth-order valence-electron chi connectivity index (χ4n) is 1.47. The minimum Gasteiger partial charge on any atom is -0.356 e. The second-order valence-corrected chi connectivity index (χ2v) is 5.41. The van der Waals surface area contributed by atoms with E-state index in [1.165, 1.54) is 0 Å². The van der Waals surface area contributed by atoms with Gasteiger partial charge in [-0.1, -0.05) is 26.7 Å². The van der Waals surface area contributed by atoms with Crippen molar-refractivity contribution < 1.29 is 4.79 Å². The van der Waals surface area contributed by atoms with Gasteiger partial charge >= 0.3 is 0 Å². The number of carbonyl (C=O) groups excluding carboxylic acids is 1. The van der Waals surface area contributed by atoms with E-state index in [0.29, 0.717) is 12.3 Å². The molecule has 3 heteroatoms. The first-order chi connectivity index (χ1) is 7.39. The zero-order chi connectivity index (χ0) is 12.6. The van der Waals surface area contributed by atoms with E-state index in [9.17, 15) is 4.79 Å². The molecule has 96 valence electrons. The van der Waals surface area contributed by atoms with Gasteiger partial charge in [0, 0.05) is 25.0 Å². The molecule has 0 heterocycles. The Morgan fingerprint density at radius 2 is 1.75 bits per heavy atom.